The molecule has 0 fully saturated rings. The SMILES string of the molecule is CC(C)CNC(=O)[C@@H](C)N(CCc1ccccc1)C(=O)CN(c1ccccc1Br)S(C)(=O)=O. The van der Waals surface area contributed by atoms with Gasteiger partial charge >= 0.3 is 0 Å². The predicted octanol–water partition coefficient (Wildman–Crippen LogP) is 3.45. The number of carbonyl (C=O) groups excluding carboxylic acids is 2. The molecular formula is C24H32BrN3O4S. The number of halogens is 1. The fourth-order valence-corrected chi connectivity index (χ4v) is 4.75. The molecule has 0 saturated carbocycles. The van der Waals surface area contributed by atoms with Gasteiger partial charge in [0.15, 0.2) is 0 Å². The largest absolute Gasteiger partial charge is 0.354 e. The van der Waals surface area contributed by atoms with Crippen LogP contribution >= 0.6 is 15.9 Å². The van der Waals surface area contributed by atoms with Crippen LogP contribution in [-0.2, 0) is 26.0 Å². The highest BCUT2D eigenvalue weighted by molar-refractivity contribution is 9.10. The average molecular weight is 539 g/mol. The van der Waals surface area contributed by atoms with Crippen molar-refractivity contribution in [3.63, 3.8) is 0 Å². The summed E-state index contributed by atoms with van der Waals surface area (Å²) in [6, 6.07) is 15.7. The molecule has 7 nitrogen and oxygen atoms in total. The van der Waals surface area contributed by atoms with E-state index in [1.54, 1.807) is 31.2 Å². The molecule has 0 aliphatic carbocycles. The lowest BCUT2D eigenvalue weighted by atomic mass is 10.1. The number of hydrogen-bond donors (Lipinski definition) is 1. The van der Waals surface area contributed by atoms with Crippen molar-refractivity contribution >= 4 is 43.5 Å². The summed E-state index contributed by atoms with van der Waals surface area (Å²) in [5.41, 5.74) is 1.39. The van der Waals surface area contributed by atoms with Crippen molar-refractivity contribution in [1.82, 2.24) is 10.2 Å². The Bertz CT molecular complexity index is 1040. The van der Waals surface area contributed by atoms with E-state index in [2.05, 4.69) is 21.2 Å². The van der Waals surface area contributed by atoms with Gasteiger partial charge in [0.05, 0.1) is 11.9 Å². The number of sulfonamides is 1. The summed E-state index contributed by atoms with van der Waals surface area (Å²) in [6.45, 7) is 6.03. The maximum atomic E-state index is 13.4. The van der Waals surface area contributed by atoms with Crippen molar-refractivity contribution in [2.45, 2.75) is 33.2 Å². The van der Waals surface area contributed by atoms with Crippen LogP contribution in [0.4, 0.5) is 5.69 Å². The predicted molar refractivity (Wildman–Crippen MR) is 136 cm³/mol. The number of nitrogens with zero attached hydrogens (tertiary/aromatic N) is 2. The number of benzene rings is 2. The van der Waals surface area contributed by atoms with Gasteiger partial charge in [0, 0.05) is 17.6 Å². The van der Waals surface area contributed by atoms with Crippen molar-refractivity contribution in [3.05, 3.63) is 64.6 Å². The number of carbonyl (C=O) groups is 2. The van der Waals surface area contributed by atoms with E-state index in [-0.39, 0.29) is 18.4 Å². The van der Waals surface area contributed by atoms with Gasteiger partial charge in [-0.15, -0.1) is 0 Å². The maximum Gasteiger partial charge on any atom is 0.244 e. The number of anilines is 1. The van der Waals surface area contributed by atoms with Gasteiger partial charge in [-0.2, -0.15) is 0 Å². The minimum absolute atomic E-state index is 0.267. The molecule has 2 rings (SSSR count). The van der Waals surface area contributed by atoms with E-state index in [0.29, 0.717) is 23.1 Å². The van der Waals surface area contributed by atoms with E-state index in [9.17, 15) is 18.0 Å². The van der Waals surface area contributed by atoms with E-state index >= 15 is 0 Å². The Morgan fingerprint density at radius 1 is 1.00 bits per heavy atom. The molecule has 0 heterocycles. The van der Waals surface area contributed by atoms with Crippen molar-refractivity contribution in [2.24, 2.45) is 5.92 Å². The minimum atomic E-state index is -3.75. The van der Waals surface area contributed by atoms with Crippen LogP contribution in [0.5, 0.6) is 0 Å². The Labute approximate surface area is 205 Å². The molecular weight excluding hydrogens is 506 g/mol. The summed E-state index contributed by atoms with van der Waals surface area (Å²) in [7, 11) is -3.75. The summed E-state index contributed by atoms with van der Waals surface area (Å²) in [5.74, 6) is -0.443. The molecule has 0 radical (unpaired) electrons. The van der Waals surface area contributed by atoms with E-state index in [0.717, 1.165) is 16.1 Å². The summed E-state index contributed by atoms with van der Waals surface area (Å²) in [5, 5.41) is 2.87. The Morgan fingerprint density at radius 2 is 1.61 bits per heavy atom. The van der Waals surface area contributed by atoms with Gasteiger partial charge in [-0.05, 0) is 52.9 Å². The molecule has 180 valence electrons. The number of hydrogen-bond acceptors (Lipinski definition) is 4. The standard InChI is InChI=1S/C24H32BrN3O4S/c1-18(2)16-26-24(30)19(3)27(15-14-20-10-6-5-7-11-20)23(29)17-28(33(4,31)32)22-13-9-8-12-21(22)25/h5-13,18-19H,14-17H2,1-4H3,(H,26,30)/t19-/m1/s1. The van der Waals surface area contributed by atoms with Gasteiger partial charge in [-0.1, -0.05) is 56.3 Å². The molecule has 2 amide bonds. The lowest BCUT2D eigenvalue weighted by molar-refractivity contribution is -0.138. The molecule has 9 heteroatoms. The topological polar surface area (TPSA) is 86.8 Å². The molecule has 0 aliphatic heterocycles. The van der Waals surface area contributed by atoms with Gasteiger partial charge in [0.25, 0.3) is 0 Å². The minimum Gasteiger partial charge on any atom is -0.354 e. The van der Waals surface area contributed by atoms with Crippen LogP contribution in [0.15, 0.2) is 59.1 Å². The summed E-state index contributed by atoms with van der Waals surface area (Å²) in [6.07, 6.45) is 1.61. The number of rotatable bonds is 11. The van der Waals surface area contributed by atoms with Crippen molar-refractivity contribution in [3.8, 4) is 0 Å². The quantitative estimate of drug-likeness (QED) is 0.475. The first-order valence-electron chi connectivity index (χ1n) is 10.8. The summed E-state index contributed by atoms with van der Waals surface area (Å²) in [4.78, 5) is 27.6. The van der Waals surface area contributed by atoms with Crippen molar-refractivity contribution in [1.29, 1.82) is 0 Å². The second-order valence-electron chi connectivity index (χ2n) is 8.36. The van der Waals surface area contributed by atoms with Gasteiger partial charge in [0.1, 0.15) is 12.6 Å². The third kappa shape index (κ3) is 8.16. The molecule has 0 spiro atoms. The second-order valence-corrected chi connectivity index (χ2v) is 11.1. The van der Waals surface area contributed by atoms with Crippen LogP contribution in [0, 0.1) is 5.92 Å². The van der Waals surface area contributed by atoms with Crippen LogP contribution in [-0.4, -0.2) is 57.1 Å². The molecule has 0 aromatic heterocycles. The highest BCUT2D eigenvalue weighted by atomic mass is 79.9. The van der Waals surface area contributed by atoms with Crippen molar-refractivity contribution in [2.75, 3.05) is 30.2 Å². The highest BCUT2D eigenvalue weighted by Crippen LogP contribution is 2.27. The Morgan fingerprint density at radius 3 is 2.18 bits per heavy atom. The van der Waals surface area contributed by atoms with E-state index in [1.807, 2.05) is 44.2 Å². The molecule has 33 heavy (non-hydrogen) atoms. The molecule has 1 atom stereocenters. The fourth-order valence-electron chi connectivity index (χ4n) is 3.27. The first-order chi connectivity index (χ1) is 15.5. The van der Waals surface area contributed by atoms with Crippen LogP contribution in [0.3, 0.4) is 0 Å². The monoisotopic (exact) mass is 537 g/mol. The Hall–Kier alpha value is -2.39. The Balaban J connectivity index is 2.29. The molecule has 2 aromatic rings. The molecule has 0 unspecified atom stereocenters. The maximum absolute atomic E-state index is 13.4. The number of amides is 2. The molecule has 0 saturated heterocycles. The first-order valence-corrected chi connectivity index (χ1v) is 13.5. The zero-order valence-corrected chi connectivity index (χ0v) is 21.9. The lowest BCUT2D eigenvalue weighted by Gasteiger charge is -2.31. The van der Waals surface area contributed by atoms with Crippen LogP contribution in [0.2, 0.25) is 0 Å². The zero-order valence-electron chi connectivity index (χ0n) is 19.5. The number of para-hydroxylation sites is 1. The zero-order chi connectivity index (χ0) is 24.6. The first kappa shape index (κ1) is 26.9. The second kappa shape index (κ2) is 12.2. The third-order valence-corrected chi connectivity index (χ3v) is 6.93. The molecule has 0 aliphatic rings. The number of nitrogens with one attached hydrogen (secondary N) is 1. The van der Waals surface area contributed by atoms with E-state index in [1.165, 1.54) is 4.90 Å². The molecule has 2 aromatic carbocycles. The van der Waals surface area contributed by atoms with E-state index in [4.69, 9.17) is 0 Å². The van der Waals surface area contributed by atoms with Gasteiger partial charge < -0.3 is 10.2 Å². The Kier molecular flexibility index (Phi) is 9.91. The average Bonchev–Trinajstić information content (AvgIpc) is 2.76. The smallest absolute Gasteiger partial charge is 0.244 e. The van der Waals surface area contributed by atoms with Gasteiger partial charge in [0.2, 0.25) is 21.8 Å². The van der Waals surface area contributed by atoms with Crippen LogP contribution < -0.4 is 9.62 Å². The highest BCUT2D eigenvalue weighted by Gasteiger charge is 2.30. The lowest BCUT2D eigenvalue weighted by Crippen LogP contribution is -2.52. The van der Waals surface area contributed by atoms with Crippen molar-refractivity contribution < 1.29 is 18.0 Å². The molecule has 0 bridgehead atoms. The summed E-state index contributed by atoms with van der Waals surface area (Å²) >= 11 is 3.37. The van der Waals surface area contributed by atoms with E-state index < -0.39 is 28.5 Å². The van der Waals surface area contributed by atoms with Crippen LogP contribution in [0.25, 0.3) is 0 Å². The molecule has 1 N–H and O–H groups in total. The normalized spacial score (nSPS) is 12.3. The fraction of sp³-hybridized carbons (Fsp3) is 0.417. The van der Waals surface area contributed by atoms with Gasteiger partial charge in [-0.3, -0.25) is 13.9 Å². The van der Waals surface area contributed by atoms with Gasteiger partial charge in [-0.25, -0.2) is 8.42 Å². The summed E-state index contributed by atoms with van der Waals surface area (Å²) < 4.78 is 26.7. The third-order valence-electron chi connectivity index (χ3n) is 5.14. The van der Waals surface area contributed by atoms with Crippen LogP contribution in [0.1, 0.15) is 26.3 Å².